The van der Waals surface area contributed by atoms with Crippen molar-refractivity contribution >= 4 is 17.4 Å². The van der Waals surface area contributed by atoms with Gasteiger partial charge in [0.1, 0.15) is 0 Å². The van der Waals surface area contributed by atoms with Gasteiger partial charge in [0.2, 0.25) is 5.91 Å². The molecule has 6 nitrogen and oxygen atoms in total. The van der Waals surface area contributed by atoms with Gasteiger partial charge in [0.15, 0.2) is 5.82 Å². The molecule has 0 unspecified atom stereocenters. The lowest BCUT2D eigenvalue weighted by Crippen LogP contribution is -2.18. The molecule has 0 atom stereocenters. The number of nitrogens with one attached hydrogen (secondary N) is 1. The van der Waals surface area contributed by atoms with Crippen LogP contribution in [-0.4, -0.2) is 25.5 Å². The van der Waals surface area contributed by atoms with Crippen LogP contribution < -0.4 is 5.32 Å². The molecule has 2 aromatic heterocycles. The number of fused-ring (bicyclic) bond motifs is 2. The maximum absolute atomic E-state index is 12.5. The summed E-state index contributed by atoms with van der Waals surface area (Å²) in [4.78, 5) is 21.2. The van der Waals surface area contributed by atoms with E-state index in [0.29, 0.717) is 11.6 Å². The van der Waals surface area contributed by atoms with Crippen LogP contribution in [0.3, 0.4) is 0 Å². The van der Waals surface area contributed by atoms with Crippen molar-refractivity contribution in [2.24, 2.45) is 0 Å². The summed E-state index contributed by atoms with van der Waals surface area (Å²) in [7, 11) is 0. The van der Waals surface area contributed by atoms with Crippen LogP contribution in [0.1, 0.15) is 41.2 Å². The normalized spacial score (nSPS) is 13.7. The molecular weight excluding hydrogens is 314 g/mol. The number of carbonyl (C=O) groups is 1. The van der Waals surface area contributed by atoms with Gasteiger partial charge in [-0.2, -0.15) is 4.98 Å². The van der Waals surface area contributed by atoms with Crippen molar-refractivity contribution in [1.29, 1.82) is 0 Å². The molecule has 0 aliphatic heterocycles. The third-order valence-electron chi connectivity index (χ3n) is 4.65. The third kappa shape index (κ3) is 3.12. The maximum atomic E-state index is 12.5. The van der Waals surface area contributed by atoms with Crippen molar-refractivity contribution in [3.05, 3.63) is 52.6 Å². The highest BCUT2D eigenvalue weighted by molar-refractivity contribution is 5.92. The molecule has 6 heteroatoms. The third-order valence-corrected chi connectivity index (χ3v) is 4.65. The van der Waals surface area contributed by atoms with Gasteiger partial charge in [-0.25, -0.2) is 9.50 Å². The van der Waals surface area contributed by atoms with Crippen molar-refractivity contribution in [3.63, 3.8) is 0 Å². The minimum absolute atomic E-state index is 0.0933. The van der Waals surface area contributed by atoms with Gasteiger partial charge in [-0.1, -0.05) is 12.1 Å². The number of benzene rings is 1. The molecule has 128 valence electrons. The van der Waals surface area contributed by atoms with Crippen molar-refractivity contribution in [2.45, 2.75) is 46.0 Å². The standard InChI is InChI=1S/C19H21N5O/c1-12-10-13(2)24-19(20-12)22-17(23-24)11-18(25)21-16-9-5-7-14-6-3-4-8-15(14)16/h5,7,9-10H,3-4,6,8,11H2,1-2H3,(H,21,25). The number of rotatable bonds is 3. The van der Waals surface area contributed by atoms with Gasteiger partial charge in [0.05, 0.1) is 6.42 Å². The molecule has 0 bridgehead atoms. The summed E-state index contributed by atoms with van der Waals surface area (Å²) in [6.07, 6.45) is 4.67. The molecule has 0 radical (unpaired) electrons. The average Bonchev–Trinajstić information content (AvgIpc) is 2.97. The number of amides is 1. The molecule has 0 saturated heterocycles. The van der Waals surface area contributed by atoms with Gasteiger partial charge in [-0.3, -0.25) is 4.79 Å². The van der Waals surface area contributed by atoms with Crippen LogP contribution >= 0.6 is 0 Å². The Morgan fingerprint density at radius 1 is 1.20 bits per heavy atom. The number of nitrogens with zero attached hydrogens (tertiary/aromatic N) is 4. The first-order valence-electron chi connectivity index (χ1n) is 8.70. The van der Waals surface area contributed by atoms with Crippen LogP contribution in [0.15, 0.2) is 24.3 Å². The molecular formula is C19H21N5O. The molecule has 1 aliphatic carbocycles. The zero-order valence-electron chi connectivity index (χ0n) is 14.5. The van der Waals surface area contributed by atoms with Crippen LogP contribution in [-0.2, 0) is 24.1 Å². The Balaban J connectivity index is 1.54. The van der Waals surface area contributed by atoms with Gasteiger partial charge < -0.3 is 5.32 Å². The number of carbonyl (C=O) groups excluding carboxylic acids is 1. The summed E-state index contributed by atoms with van der Waals surface area (Å²) in [6, 6.07) is 8.10. The average molecular weight is 335 g/mol. The predicted molar refractivity (Wildman–Crippen MR) is 95.7 cm³/mol. The smallest absolute Gasteiger partial charge is 0.252 e. The highest BCUT2D eigenvalue weighted by Gasteiger charge is 2.16. The predicted octanol–water partition coefficient (Wildman–Crippen LogP) is 2.80. The lowest BCUT2D eigenvalue weighted by Gasteiger charge is -2.19. The fourth-order valence-corrected chi connectivity index (χ4v) is 3.52. The second-order valence-corrected chi connectivity index (χ2v) is 6.65. The highest BCUT2D eigenvalue weighted by atomic mass is 16.1. The Labute approximate surface area is 146 Å². The lowest BCUT2D eigenvalue weighted by molar-refractivity contribution is -0.115. The van der Waals surface area contributed by atoms with Crippen LogP contribution in [0.5, 0.6) is 0 Å². The summed E-state index contributed by atoms with van der Waals surface area (Å²) in [5.41, 5.74) is 5.41. The Morgan fingerprint density at radius 2 is 2.04 bits per heavy atom. The summed E-state index contributed by atoms with van der Waals surface area (Å²) < 4.78 is 1.68. The second-order valence-electron chi connectivity index (χ2n) is 6.65. The molecule has 1 aromatic carbocycles. The minimum atomic E-state index is -0.0933. The van der Waals surface area contributed by atoms with Crippen molar-refractivity contribution in [3.8, 4) is 0 Å². The van der Waals surface area contributed by atoms with E-state index in [1.54, 1.807) is 4.52 Å². The van der Waals surface area contributed by atoms with Crippen molar-refractivity contribution < 1.29 is 4.79 Å². The number of hydrogen-bond donors (Lipinski definition) is 1. The zero-order valence-corrected chi connectivity index (χ0v) is 14.5. The Bertz CT molecular complexity index is 960. The maximum Gasteiger partial charge on any atom is 0.252 e. The first kappa shape index (κ1) is 15.7. The van der Waals surface area contributed by atoms with E-state index in [1.165, 1.54) is 24.0 Å². The molecule has 4 rings (SSSR count). The van der Waals surface area contributed by atoms with Crippen LogP contribution in [0.25, 0.3) is 5.78 Å². The fourth-order valence-electron chi connectivity index (χ4n) is 3.52. The SMILES string of the molecule is Cc1cc(C)n2nc(CC(=O)Nc3cccc4c3CCCC4)nc2n1. The number of aromatic nitrogens is 4. The van der Waals surface area contributed by atoms with E-state index in [0.717, 1.165) is 29.9 Å². The van der Waals surface area contributed by atoms with Gasteiger partial charge in [0, 0.05) is 17.1 Å². The van der Waals surface area contributed by atoms with E-state index in [2.05, 4.69) is 26.4 Å². The summed E-state index contributed by atoms with van der Waals surface area (Å²) in [5.74, 6) is 0.935. The van der Waals surface area contributed by atoms with Gasteiger partial charge in [-0.05, 0) is 62.8 Å². The van der Waals surface area contributed by atoms with E-state index in [-0.39, 0.29) is 12.3 Å². The number of aryl methyl sites for hydroxylation is 3. The van der Waals surface area contributed by atoms with E-state index < -0.39 is 0 Å². The van der Waals surface area contributed by atoms with E-state index in [1.807, 2.05) is 32.0 Å². The fraction of sp³-hybridized carbons (Fsp3) is 0.368. The first-order valence-corrected chi connectivity index (χ1v) is 8.70. The monoisotopic (exact) mass is 335 g/mol. The van der Waals surface area contributed by atoms with Crippen LogP contribution in [0.2, 0.25) is 0 Å². The van der Waals surface area contributed by atoms with E-state index in [9.17, 15) is 4.79 Å². The van der Waals surface area contributed by atoms with Crippen LogP contribution in [0, 0.1) is 13.8 Å². The minimum Gasteiger partial charge on any atom is -0.325 e. The highest BCUT2D eigenvalue weighted by Crippen LogP contribution is 2.27. The lowest BCUT2D eigenvalue weighted by atomic mass is 9.90. The molecule has 0 saturated carbocycles. The molecule has 1 N–H and O–H groups in total. The molecule has 2 heterocycles. The quantitative estimate of drug-likeness (QED) is 0.799. The summed E-state index contributed by atoms with van der Waals surface area (Å²) in [5, 5.41) is 7.44. The largest absolute Gasteiger partial charge is 0.325 e. The zero-order chi connectivity index (χ0) is 17.4. The van der Waals surface area contributed by atoms with Gasteiger partial charge in [-0.15, -0.1) is 5.10 Å². The van der Waals surface area contributed by atoms with Crippen molar-refractivity contribution in [1.82, 2.24) is 19.6 Å². The van der Waals surface area contributed by atoms with Crippen molar-refractivity contribution in [2.75, 3.05) is 5.32 Å². The Morgan fingerprint density at radius 3 is 2.92 bits per heavy atom. The number of hydrogen-bond acceptors (Lipinski definition) is 4. The van der Waals surface area contributed by atoms with E-state index >= 15 is 0 Å². The molecule has 0 spiro atoms. The molecule has 1 amide bonds. The Hall–Kier alpha value is -2.76. The summed E-state index contributed by atoms with van der Waals surface area (Å²) in [6.45, 7) is 3.88. The topological polar surface area (TPSA) is 72.2 Å². The van der Waals surface area contributed by atoms with Gasteiger partial charge >= 0.3 is 0 Å². The Kier molecular flexibility index (Phi) is 3.95. The van der Waals surface area contributed by atoms with Crippen LogP contribution in [0.4, 0.5) is 5.69 Å². The first-order chi connectivity index (χ1) is 12.1. The molecule has 0 fully saturated rings. The summed E-state index contributed by atoms with van der Waals surface area (Å²) >= 11 is 0. The molecule has 25 heavy (non-hydrogen) atoms. The second kappa shape index (κ2) is 6.27. The van der Waals surface area contributed by atoms with Gasteiger partial charge in [0.25, 0.3) is 5.78 Å². The van der Waals surface area contributed by atoms with E-state index in [4.69, 9.17) is 0 Å². The number of anilines is 1. The molecule has 3 aromatic rings. The molecule has 1 aliphatic rings.